The van der Waals surface area contributed by atoms with E-state index in [4.69, 9.17) is 4.98 Å². The third kappa shape index (κ3) is 1.89. The van der Waals surface area contributed by atoms with Crippen LogP contribution in [0.3, 0.4) is 0 Å². The molecule has 0 saturated heterocycles. The molecule has 0 spiro atoms. The maximum absolute atomic E-state index is 4.97. The van der Waals surface area contributed by atoms with E-state index in [1.807, 2.05) is 0 Å². The fraction of sp³-hybridized carbons (Fsp3) is 0.150. The quantitative estimate of drug-likeness (QED) is 0.600. The van der Waals surface area contributed by atoms with Crippen LogP contribution >= 0.6 is 0 Å². The summed E-state index contributed by atoms with van der Waals surface area (Å²) in [5.41, 5.74) is 7.61. The zero-order valence-corrected chi connectivity index (χ0v) is 12.3. The number of aromatic nitrogens is 1. The van der Waals surface area contributed by atoms with Crippen LogP contribution in [0.4, 0.5) is 0 Å². The van der Waals surface area contributed by atoms with Crippen molar-refractivity contribution < 1.29 is 0 Å². The maximum Gasteiger partial charge on any atom is 0.0705 e. The van der Waals surface area contributed by atoms with Crippen molar-refractivity contribution in [1.82, 2.24) is 4.98 Å². The lowest BCUT2D eigenvalue weighted by Crippen LogP contribution is -2.05. The minimum absolute atomic E-state index is 0.297. The van der Waals surface area contributed by atoms with Gasteiger partial charge in [-0.15, -0.1) is 0 Å². The van der Waals surface area contributed by atoms with Gasteiger partial charge in [0.1, 0.15) is 0 Å². The van der Waals surface area contributed by atoms with Gasteiger partial charge in [0.25, 0.3) is 0 Å². The molecule has 1 atom stereocenters. The highest BCUT2D eigenvalue weighted by Crippen LogP contribution is 2.41. The van der Waals surface area contributed by atoms with E-state index in [1.54, 1.807) is 0 Å². The van der Waals surface area contributed by atoms with Crippen LogP contribution in [0, 0.1) is 6.92 Å². The number of rotatable bonds is 1. The summed E-state index contributed by atoms with van der Waals surface area (Å²) in [7, 11) is 0. The predicted octanol–water partition coefficient (Wildman–Crippen LogP) is 5.09. The number of hydrogen-bond donors (Lipinski definition) is 0. The summed E-state index contributed by atoms with van der Waals surface area (Å²) in [6.45, 7) is 4.38. The number of pyridine rings is 1. The molecule has 1 heterocycles. The van der Waals surface area contributed by atoms with Crippen LogP contribution in [0.25, 0.3) is 17.0 Å². The molecular weight excluding hydrogens is 254 g/mol. The third-order valence-corrected chi connectivity index (χ3v) is 4.37. The van der Waals surface area contributed by atoms with Gasteiger partial charge >= 0.3 is 0 Å². The zero-order valence-electron chi connectivity index (χ0n) is 12.3. The monoisotopic (exact) mass is 271 g/mol. The Kier molecular flexibility index (Phi) is 2.68. The van der Waals surface area contributed by atoms with E-state index in [1.165, 1.54) is 33.3 Å². The molecule has 0 aliphatic heterocycles. The van der Waals surface area contributed by atoms with Gasteiger partial charge in [-0.05, 0) is 42.7 Å². The molecule has 0 fully saturated rings. The second-order valence-corrected chi connectivity index (χ2v) is 5.83. The molecule has 21 heavy (non-hydrogen) atoms. The van der Waals surface area contributed by atoms with Crippen molar-refractivity contribution in [1.29, 1.82) is 0 Å². The molecule has 2 aromatic carbocycles. The summed E-state index contributed by atoms with van der Waals surface area (Å²) < 4.78 is 0. The SMILES string of the molecule is CC1=Cc2ccccc2C1c1nc2ccccc2cc1C. The van der Waals surface area contributed by atoms with Crippen LogP contribution in [0.2, 0.25) is 0 Å². The lowest BCUT2D eigenvalue weighted by Gasteiger charge is -2.17. The Morgan fingerprint density at radius 2 is 1.67 bits per heavy atom. The van der Waals surface area contributed by atoms with Crippen molar-refractivity contribution in [3.8, 4) is 0 Å². The molecule has 0 saturated carbocycles. The minimum Gasteiger partial charge on any atom is -0.252 e. The Bertz CT molecular complexity index is 874. The average Bonchev–Trinajstić information content (AvgIpc) is 2.82. The van der Waals surface area contributed by atoms with E-state index < -0.39 is 0 Å². The lowest BCUT2D eigenvalue weighted by molar-refractivity contribution is 0.913. The highest BCUT2D eigenvalue weighted by Gasteiger charge is 2.26. The molecule has 1 aromatic heterocycles. The van der Waals surface area contributed by atoms with Gasteiger partial charge in [-0.1, -0.05) is 54.1 Å². The Hall–Kier alpha value is -2.41. The maximum atomic E-state index is 4.97. The fourth-order valence-electron chi connectivity index (χ4n) is 3.37. The van der Waals surface area contributed by atoms with Crippen LogP contribution in [0.5, 0.6) is 0 Å². The number of fused-ring (bicyclic) bond motifs is 2. The number of hydrogen-bond acceptors (Lipinski definition) is 1. The van der Waals surface area contributed by atoms with Crippen LogP contribution in [-0.4, -0.2) is 4.98 Å². The summed E-state index contributed by atoms with van der Waals surface area (Å²) in [5, 5.41) is 1.21. The van der Waals surface area contributed by atoms with Crippen LogP contribution < -0.4 is 0 Å². The summed E-state index contributed by atoms with van der Waals surface area (Å²) in [5.74, 6) is 0.297. The molecule has 0 bridgehead atoms. The second kappa shape index (κ2) is 4.56. The van der Waals surface area contributed by atoms with Crippen LogP contribution in [0.1, 0.15) is 35.2 Å². The third-order valence-electron chi connectivity index (χ3n) is 4.37. The van der Waals surface area contributed by atoms with Gasteiger partial charge in [0, 0.05) is 11.3 Å². The van der Waals surface area contributed by atoms with E-state index in [-0.39, 0.29) is 0 Å². The van der Waals surface area contributed by atoms with Gasteiger partial charge in [0.05, 0.1) is 11.2 Å². The summed E-state index contributed by atoms with van der Waals surface area (Å²) in [6.07, 6.45) is 2.29. The first-order chi connectivity index (χ1) is 10.2. The predicted molar refractivity (Wildman–Crippen MR) is 88.4 cm³/mol. The van der Waals surface area contributed by atoms with Crippen molar-refractivity contribution in [2.24, 2.45) is 0 Å². The Balaban J connectivity index is 1.95. The van der Waals surface area contributed by atoms with Gasteiger partial charge < -0.3 is 0 Å². The normalized spacial score (nSPS) is 16.9. The molecule has 0 N–H and O–H groups in total. The van der Waals surface area contributed by atoms with E-state index in [0.29, 0.717) is 5.92 Å². The first-order valence-corrected chi connectivity index (χ1v) is 7.37. The summed E-state index contributed by atoms with van der Waals surface area (Å²) in [6, 6.07) is 19.2. The number of aryl methyl sites for hydroxylation is 1. The lowest BCUT2D eigenvalue weighted by atomic mass is 9.90. The van der Waals surface area contributed by atoms with Gasteiger partial charge in [-0.25, -0.2) is 0 Å². The number of allylic oxidation sites excluding steroid dienone is 1. The molecule has 1 aliphatic rings. The summed E-state index contributed by atoms with van der Waals surface area (Å²) in [4.78, 5) is 4.97. The Morgan fingerprint density at radius 3 is 2.57 bits per heavy atom. The van der Waals surface area contributed by atoms with Crippen LogP contribution in [-0.2, 0) is 0 Å². The summed E-state index contributed by atoms with van der Waals surface area (Å²) >= 11 is 0. The Morgan fingerprint density at radius 1 is 0.905 bits per heavy atom. The molecule has 0 amide bonds. The first-order valence-electron chi connectivity index (χ1n) is 7.37. The van der Waals surface area contributed by atoms with Crippen molar-refractivity contribution in [2.45, 2.75) is 19.8 Å². The van der Waals surface area contributed by atoms with Crippen molar-refractivity contribution >= 4 is 17.0 Å². The molecule has 1 heteroatoms. The van der Waals surface area contributed by atoms with Gasteiger partial charge in [0.15, 0.2) is 0 Å². The highest BCUT2D eigenvalue weighted by atomic mass is 14.7. The number of benzene rings is 2. The van der Waals surface area contributed by atoms with E-state index in [2.05, 4.69) is 74.5 Å². The van der Waals surface area contributed by atoms with Gasteiger partial charge in [-0.3, -0.25) is 4.98 Å². The van der Waals surface area contributed by atoms with E-state index >= 15 is 0 Å². The molecule has 3 aromatic rings. The molecule has 1 aliphatic carbocycles. The molecular formula is C20H17N. The van der Waals surface area contributed by atoms with Crippen LogP contribution in [0.15, 0.2) is 60.2 Å². The molecule has 1 nitrogen and oxygen atoms in total. The number of nitrogens with zero attached hydrogens (tertiary/aromatic N) is 1. The number of para-hydroxylation sites is 1. The van der Waals surface area contributed by atoms with Gasteiger partial charge in [0.2, 0.25) is 0 Å². The average molecular weight is 271 g/mol. The minimum atomic E-state index is 0.297. The zero-order chi connectivity index (χ0) is 14.4. The largest absolute Gasteiger partial charge is 0.252 e. The molecule has 1 unspecified atom stereocenters. The van der Waals surface area contributed by atoms with Gasteiger partial charge in [-0.2, -0.15) is 0 Å². The molecule has 0 radical (unpaired) electrons. The standard InChI is InChI=1S/C20H17N/c1-13-11-15-7-3-5-9-17(15)19(13)20-14(2)12-16-8-4-6-10-18(16)21-20/h3-12,19H,1-2H3. The van der Waals surface area contributed by atoms with E-state index in [9.17, 15) is 0 Å². The highest BCUT2D eigenvalue weighted by molar-refractivity contribution is 5.80. The van der Waals surface area contributed by atoms with Crippen molar-refractivity contribution in [3.05, 3.63) is 82.6 Å². The smallest absolute Gasteiger partial charge is 0.0705 e. The second-order valence-electron chi connectivity index (χ2n) is 5.83. The fourth-order valence-corrected chi connectivity index (χ4v) is 3.37. The van der Waals surface area contributed by atoms with Crippen molar-refractivity contribution in [2.75, 3.05) is 0 Å². The van der Waals surface area contributed by atoms with Crippen molar-refractivity contribution in [3.63, 3.8) is 0 Å². The Labute approximate surface area is 125 Å². The first kappa shape index (κ1) is 12.3. The van der Waals surface area contributed by atoms with E-state index in [0.717, 1.165) is 5.52 Å². The topological polar surface area (TPSA) is 12.9 Å². The molecule has 102 valence electrons. The molecule has 4 rings (SSSR count).